The Hall–Kier alpha value is -1.35. The Bertz CT molecular complexity index is 519. The quantitative estimate of drug-likeness (QED) is 0.679. The molecular weight excluding hydrogens is 278 g/mol. The summed E-state index contributed by atoms with van der Waals surface area (Å²) < 4.78 is 0. The molecule has 0 radical (unpaired) electrons. The van der Waals surface area contributed by atoms with E-state index in [1.54, 1.807) is 0 Å². The minimum atomic E-state index is 0.00255. The third-order valence-corrected chi connectivity index (χ3v) is 3.19. The molecule has 0 saturated carbocycles. The van der Waals surface area contributed by atoms with Gasteiger partial charge >= 0.3 is 0 Å². The fourth-order valence-corrected chi connectivity index (χ4v) is 2.07. The fourth-order valence-electron chi connectivity index (χ4n) is 1.79. The number of benzene rings is 2. The first-order valence-corrected chi connectivity index (χ1v) is 6.77. The second-order valence-corrected chi connectivity index (χ2v) is 4.62. The van der Waals surface area contributed by atoms with Gasteiger partial charge in [-0.3, -0.25) is 4.79 Å². The van der Waals surface area contributed by atoms with Crippen molar-refractivity contribution in [2.75, 3.05) is 11.9 Å². The molecule has 1 N–H and O–H groups in total. The maximum Gasteiger partial charge on any atom is 0.251 e. The number of hydrogen-bond donors (Lipinski definition) is 1. The van der Waals surface area contributed by atoms with Gasteiger partial charge in [0.2, 0.25) is 0 Å². The molecule has 0 aromatic heterocycles. The molecule has 2 rings (SSSR count). The first kappa shape index (κ1) is 12.1. The first-order valence-electron chi connectivity index (χ1n) is 5.65. The average Bonchev–Trinajstić information content (AvgIpc) is 2.38. The second kappa shape index (κ2) is 5.82. The summed E-state index contributed by atoms with van der Waals surface area (Å²) in [5, 5.41) is 5.93. The maximum absolute atomic E-state index is 12.0. The summed E-state index contributed by atoms with van der Waals surface area (Å²) >= 11 is 3.34. The zero-order valence-corrected chi connectivity index (χ0v) is 11.0. The predicted molar refractivity (Wildman–Crippen MR) is 74.7 cm³/mol. The molecule has 88 valence electrons. The Morgan fingerprint density at radius 1 is 1.12 bits per heavy atom. The van der Waals surface area contributed by atoms with Crippen molar-refractivity contribution in [3.63, 3.8) is 0 Å². The van der Waals surface area contributed by atoms with Gasteiger partial charge in [-0.15, -0.1) is 0 Å². The zero-order valence-electron chi connectivity index (χ0n) is 9.45. The summed E-state index contributed by atoms with van der Waals surface area (Å²) in [6.45, 7) is 0.702. The van der Waals surface area contributed by atoms with E-state index in [1.807, 2.05) is 42.5 Å². The number of carbonyl (C=O) groups excluding carboxylic acids is 1. The maximum atomic E-state index is 12.0. The van der Waals surface area contributed by atoms with Crippen LogP contribution in [-0.4, -0.2) is 17.8 Å². The van der Waals surface area contributed by atoms with Crippen molar-refractivity contribution < 1.29 is 4.79 Å². The van der Waals surface area contributed by atoms with E-state index in [9.17, 15) is 4.79 Å². The number of fused-ring (bicyclic) bond motifs is 1. The molecule has 17 heavy (non-hydrogen) atoms. The number of amides is 1. The Morgan fingerprint density at radius 3 is 2.71 bits per heavy atom. The van der Waals surface area contributed by atoms with Crippen LogP contribution >= 0.6 is 15.9 Å². The van der Waals surface area contributed by atoms with Crippen LogP contribution in [0.1, 0.15) is 16.8 Å². The molecule has 0 bridgehead atoms. The molecule has 0 heterocycles. The lowest BCUT2D eigenvalue weighted by molar-refractivity contribution is 0.0955. The van der Waals surface area contributed by atoms with Crippen molar-refractivity contribution in [1.29, 1.82) is 0 Å². The monoisotopic (exact) mass is 291 g/mol. The number of nitrogens with one attached hydrogen (secondary N) is 1. The minimum absolute atomic E-state index is 0.00255. The largest absolute Gasteiger partial charge is 0.352 e. The van der Waals surface area contributed by atoms with E-state index in [2.05, 4.69) is 21.2 Å². The van der Waals surface area contributed by atoms with Gasteiger partial charge in [0.15, 0.2) is 0 Å². The van der Waals surface area contributed by atoms with Crippen LogP contribution in [0, 0.1) is 0 Å². The third-order valence-electron chi connectivity index (χ3n) is 2.63. The van der Waals surface area contributed by atoms with Crippen molar-refractivity contribution in [3.8, 4) is 0 Å². The standard InChI is InChI=1S/C14H14BrNO/c15-9-4-10-16-14(17)13-8-3-6-11-5-1-2-7-12(11)13/h1-3,5-8H,4,9-10H2,(H,16,17). The normalized spacial score (nSPS) is 10.4. The van der Waals surface area contributed by atoms with E-state index in [-0.39, 0.29) is 5.91 Å². The van der Waals surface area contributed by atoms with Crippen LogP contribution in [0.25, 0.3) is 10.8 Å². The summed E-state index contributed by atoms with van der Waals surface area (Å²) in [7, 11) is 0. The summed E-state index contributed by atoms with van der Waals surface area (Å²) in [6, 6.07) is 13.7. The topological polar surface area (TPSA) is 29.1 Å². The second-order valence-electron chi connectivity index (χ2n) is 3.83. The molecular formula is C14H14BrNO. The molecule has 0 atom stereocenters. The van der Waals surface area contributed by atoms with Crippen LogP contribution in [0.2, 0.25) is 0 Å². The Morgan fingerprint density at radius 2 is 1.88 bits per heavy atom. The Balaban J connectivity index is 2.26. The summed E-state index contributed by atoms with van der Waals surface area (Å²) in [4.78, 5) is 12.0. The lowest BCUT2D eigenvalue weighted by Gasteiger charge is -2.07. The number of rotatable bonds is 4. The highest BCUT2D eigenvalue weighted by molar-refractivity contribution is 9.09. The molecule has 0 aliphatic rings. The molecule has 0 fully saturated rings. The van der Waals surface area contributed by atoms with Gasteiger partial charge < -0.3 is 5.32 Å². The van der Waals surface area contributed by atoms with E-state index in [0.717, 1.165) is 28.1 Å². The molecule has 0 unspecified atom stereocenters. The van der Waals surface area contributed by atoms with Crippen molar-refractivity contribution in [2.24, 2.45) is 0 Å². The number of hydrogen-bond acceptors (Lipinski definition) is 1. The van der Waals surface area contributed by atoms with Gasteiger partial charge in [-0.25, -0.2) is 0 Å². The van der Waals surface area contributed by atoms with Gasteiger partial charge in [-0.1, -0.05) is 52.3 Å². The lowest BCUT2D eigenvalue weighted by atomic mass is 10.0. The molecule has 0 aliphatic heterocycles. The van der Waals surface area contributed by atoms with Crippen molar-refractivity contribution in [1.82, 2.24) is 5.32 Å². The first-order chi connectivity index (χ1) is 8.33. The molecule has 3 heteroatoms. The van der Waals surface area contributed by atoms with E-state index >= 15 is 0 Å². The fraction of sp³-hybridized carbons (Fsp3) is 0.214. The summed E-state index contributed by atoms with van der Waals surface area (Å²) in [5.41, 5.74) is 0.748. The van der Waals surface area contributed by atoms with E-state index < -0.39 is 0 Å². The van der Waals surface area contributed by atoms with Crippen LogP contribution in [-0.2, 0) is 0 Å². The predicted octanol–water partition coefficient (Wildman–Crippen LogP) is 3.35. The molecule has 2 aromatic rings. The van der Waals surface area contributed by atoms with Crippen LogP contribution in [0.5, 0.6) is 0 Å². The number of carbonyl (C=O) groups is 1. The van der Waals surface area contributed by atoms with Crippen molar-refractivity contribution in [2.45, 2.75) is 6.42 Å². The highest BCUT2D eigenvalue weighted by Gasteiger charge is 2.08. The molecule has 1 amide bonds. The highest BCUT2D eigenvalue weighted by Crippen LogP contribution is 2.18. The Labute approximate surface area is 109 Å². The van der Waals surface area contributed by atoms with Gasteiger partial charge in [0, 0.05) is 17.4 Å². The van der Waals surface area contributed by atoms with Gasteiger partial charge in [-0.05, 0) is 23.3 Å². The van der Waals surface area contributed by atoms with Crippen LogP contribution in [0.4, 0.5) is 0 Å². The number of alkyl halides is 1. The molecule has 0 aliphatic carbocycles. The highest BCUT2D eigenvalue weighted by atomic mass is 79.9. The van der Waals surface area contributed by atoms with Gasteiger partial charge in [0.1, 0.15) is 0 Å². The Kier molecular flexibility index (Phi) is 4.15. The van der Waals surface area contributed by atoms with E-state index in [1.165, 1.54) is 0 Å². The molecule has 0 saturated heterocycles. The van der Waals surface area contributed by atoms with Crippen LogP contribution in [0.3, 0.4) is 0 Å². The molecule has 2 nitrogen and oxygen atoms in total. The zero-order chi connectivity index (χ0) is 12.1. The van der Waals surface area contributed by atoms with Gasteiger partial charge in [-0.2, -0.15) is 0 Å². The van der Waals surface area contributed by atoms with Gasteiger partial charge in [0.25, 0.3) is 5.91 Å². The minimum Gasteiger partial charge on any atom is -0.352 e. The van der Waals surface area contributed by atoms with E-state index in [0.29, 0.717) is 6.54 Å². The summed E-state index contributed by atoms with van der Waals surface area (Å²) in [6.07, 6.45) is 0.941. The lowest BCUT2D eigenvalue weighted by Crippen LogP contribution is -2.24. The van der Waals surface area contributed by atoms with Crippen LogP contribution < -0.4 is 5.32 Å². The van der Waals surface area contributed by atoms with Crippen molar-refractivity contribution >= 4 is 32.6 Å². The van der Waals surface area contributed by atoms with Crippen molar-refractivity contribution in [3.05, 3.63) is 48.0 Å². The SMILES string of the molecule is O=C(NCCCBr)c1cccc2ccccc12. The molecule has 0 spiro atoms. The average molecular weight is 292 g/mol. The van der Waals surface area contributed by atoms with E-state index in [4.69, 9.17) is 0 Å². The smallest absolute Gasteiger partial charge is 0.251 e. The third kappa shape index (κ3) is 2.86. The number of halogens is 1. The molecule has 2 aromatic carbocycles. The van der Waals surface area contributed by atoms with Gasteiger partial charge in [0.05, 0.1) is 0 Å². The summed E-state index contributed by atoms with van der Waals surface area (Å²) in [5.74, 6) is 0.00255. The van der Waals surface area contributed by atoms with Crippen LogP contribution in [0.15, 0.2) is 42.5 Å².